The molecule has 0 fully saturated rings. The van der Waals surface area contributed by atoms with E-state index in [1.54, 1.807) is 18.3 Å². The van der Waals surface area contributed by atoms with Gasteiger partial charge in [-0.05, 0) is 35.0 Å². The Morgan fingerprint density at radius 2 is 2.11 bits per heavy atom. The highest BCUT2D eigenvalue weighted by atomic mass is 79.9. The van der Waals surface area contributed by atoms with Crippen LogP contribution in [0.25, 0.3) is 0 Å². The molecule has 19 heavy (non-hydrogen) atoms. The fourth-order valence-corrected chi connectivity index (χ4v) is 1.94. The third-order valence-electron chi connectivity index (χ3n) is 2.71. The van der Waals surface area contributed by atoms with Crippen molar-refractivity contribution < 1.29 is 0 Å². The molecule has 7 heteroatoms. The van der Waals surface area contributed by atoms with Crippen LogP contribution >= 0.6 is 15.9 Å². The number of halogens is 1. The number of aryl methyl sites for hydroxylation is 1. The third-order valence-corrected chi connectivity index (χ3v) is 3.18. The van der Waals surface area contributed by atoms with Gasteiger partial charge in [0.25, 0.3) is 5.56 Å². The smallest absolute Gasteiger partial charge is 0.331 e. The Morgan fingerprint density at radius 3 is 2.68 bits per heavy atom. The van der Waals surface area contributed by atoms with Gasteiger partial charge in [0.05, 0.1) is 12.2 Å². The molecule has 0 aliphatic rings. The molecule has 0 amide bonds. The SMILES string of the molecule is CCn1cc(N)c(=O)n(Cc2ccc(Br)cn2)c1=O. The summed E-state index contributed by atoms with van der Waals surface area (Å²) in [7, 11) is 0. The zero-order valence-corrected chi connectivity index (χ0v) is 11.9. The van der Waals surface area contributed by atoms with Gasteiger partial charge in [-0.1, -0.05) is 0 Å². The summed E-state index contributed by atoms with van der Waals surface area (Å²) in [5.41, 5.74) is 5.43. The maximum absolute atomic E-state index is 12.1. The predicted molar refractivity (Wildman–Crippen MR) is 76.1 cm³/mol. The molecule has 0 saturated heterocycles. The second-order valence-electron chi connectivity index (χ2n) is 4.01. The molecule has 0 aromatic carbocycles. The van der Waals surface area contributed by atoms with E-state index in [0.717, 1.165) is 9.04 Å². The van der Waals surface area contributed by atoms with Crippen LogP contribution in [0.1, 0.15) is 12.6 Å². The number of hydrogen-bond acceptors (Lipinski definition) is 4. The standard InChI is InChI=1S/C12H13BrN4O2/c1-2-16-7-10(14)11(18)17(12(16)19)6-9-4-3-8(13)5-15-9/h3-5,7H,2,6,14H2,1H3. The minimum Gasteiger partial charge on any atom is -0.393 e. The molecule has 2 rings (SSSR count). The Balaban J connectivity index is 2.50. The summed E-state index contributed by atoms with van der Waals surface area (Å²) in [6, 6.07) is 3.55. The van der Waals surface area contributed by atoms with Gasteiger partial charge in [0.15, 0.2) is 0 Å². The number of rotatable bonds is 3. The van der Waals surface area contributed by atoms with E-state index in [1.165, 1.54) is 10.8 Å². The first-order valence-corrected chi connectivity index (χ1v) is 6.52. The predicted octanol–water partition coefficient (Wildman–Crippen LogP) is 0.818. The van der Waals surface area contributed by atoms with E-state index in [-0.39, 0.29) is 17.9 Å². The van der Waals surface area contributed by atoms with Gasteiger partial charge in [-0.25, -0.2) is 4.79 Å². The summed E-state index contributed by atoms with van der Waals surface area (Å²) in [5.74, 6) is 0. The molecule has 2 heterocycles. The lowest BCUT2D eigenvalue weighted by atomic mass is 10.3. The van der Waals surface area contributed by atoms with E-state index in [9.17, 15) is 9.59 Å². The quantitative estimate of drug-likeness (QED) is 0.906. The number of pyridine rings is 1. The maximum Gasteiger partial charge on any atom is 0.331 e. The van der Waals surface area contributed by atoms with Crippen molar-refractivity contribution in [1.82, 2.24) is 14.1 Å². The van der Waals surface area contributed by atoms with E-state index >= 15 is 0 Å². The normalized spacial score (nSPS) is 10.6. The molecule has 0 aliphatic heterocycles. The molecular formula is C12H13BrN4O2. The van der Waals surface area contributed by atoms with Crippen molar-refractivity contribution in [3.05, 3.63) is 55.5 Å². The highest BCUT2D eigenvalue weighted by Gasteiger charge is 2.09. The van der Waals surface area contributed by atoms with Gasteiger partial charge in [-0.2, -0.15) is 0 Å². The second-order valence-corrected chi connectivity index (χ2v) is 4.93. The van der Waals surface area contributed by atoms with E-state index in [2.05, 4.69) is 20.9 Å². The number of anilines is 1. The number of nitrogen functional groups attached to an aromatic ring is 1. The highest BCUT2D eigenvalue weighted by Crippen LogP contribution is 2.07. The van der Waals surface area contributed by atoms with Crippen LogP contribution in [0, 0.1) is 0 Å². The average Bonchev–Trinajstić information content (AvgIpc) is 2.41. The van der Waals surface area contributed by atoms with Gasteiger partial charge < -0.3 is 5.73 Å². The van der Waals surface area contributed by atoms with Crippen molar-refractivity contribution in [2.45, 2.75) is 20.0 Å². The van der Waals surface area contributed by atoms with Crippen LogP contribution in [-0.2, 0) is 13.1 Å². The maximum atomic E-state index is 12.1. The molecule has 0 spiro atoms. The number of nitrogens with two attached hydrogens (primary N) is 1. The lowest BCUT2D eigenvalue weighted by molar-refractivity contribution is 0.597. The van der Waals surface area contributed by atoms with Crippen LogP contribution in [0.4, 0.5) is 5.69 Å². The Kier molecular flexibility index (Phi) is 3.84. The van der Waals surface area contributed by atoms with E-state index in [4.69, 9.17) is 5.73 Å². The monoisotopic (exact) mass is 324 g/mol. The number of nitrogens with zero attached hydrogens (tertiary/aromatic N) is 3. The van der Waals surface area contributed by atoms with Gasteiger partial charge in [0, 0.05) is 23.4 Å². The fourth-order valence-electron chi connectivity index (χ4n) is 1.70. The number of aromatic nitrogens is 3. The van der Waals surface area contributed by atoms with Crippen LogP contribution in [0.2, 0.25) is 0 Å². The summed E-state index contributed by atoms with van der Waals surface area (Å²) in [4.78, 5) is 28.1. The molecular weight excluding hydrogens is 312 g/mol. The van der Waals surface area contributed by atoms with Crippen molar-refractivity contribution in [2.24, 2.45) is 0 Å². The zero-order valence-electron chi connectivity index (χ0n) is 10.3. The van der Waals surface area contributed by atoms with Crippen LogP contribution in [0.3, 0.4) is 0 Å². The first-order chi connectivity index (χ1) is 9.02. The summed E-state index contributed by atoms with van der Waals surface area (Å²) < 4.78 is 3.33. The zero-order chi connectivity index (χ0) is 14.0. The van der Waals surface area contributed by atoms with E-state index < -0.39 is 5.56 Å². The topological polar surface area (TPSA) is 82.9 Å². The van der Waals surface area contributed by atoms with Gasteiger partial charge in [0.1, 0.15) is 5.69 Å². The van der Waals surface area contributed by atoms with Gasteiger partial charge in [-0.3, -0.25) is 18.9 Å². The molecule has 0 aliphatic carbocycles. The molecule has 0 unspecified atom stereocenters. The molecule has 0 radical (unpaired) electrons. The first kappa shape index (κ1) is 13.5. The Labute approximate surface area is 117 Å². The number of hydrogen-bond donors (Lipinski definition) is 1. The van der Waals surface area contributed by atoms with Crippen molar-refractivity contribution >= 4 is 21.6 Å². The molecule has 100 valence electrons. The van der Waals surface area contributed by atoms with Gasteiger partial charge in [0.2, 0.25) is 0 Å². The summed E-state index contributed by atoms with van der Waals surface area (Å²) >= 11 is 3.28. The lowest BCUT2D eigenvalue weighted by Gasteiger charge is -2.09. The van der Waals surface area contributed by atoms with E-state index in [0.29, 0.717) is 12.2 Å². The Hall–Kier alpha value is -1.89. The lowest BCUT2D eigenvalue weighted by Crippen LogP contribution is -2.40. The van der Waals surface area contributed by atoms with Crippen LogP contribution in [0.15, 0.2) is 38.6 Å². The van der Waals surface area contributed by atoms with Crippen molar-refractivity contribution in [2.75, 3.05) is 5.73 Å². The van der Waals surface area contributed by atoms with Crippen molar-refractivity contribution in [1.29, 1.82) is 0 Å². The molecule has 0 bridgehead atoms. The molecule has 2 aromatic rings. The first-order valence-electron chi connectivity index (χ1n) is 5.73. The Morgan fingerprint density at radius 1 is 1.37 bits per heavy atom. The van der Waals surface area contributed by atoms with E-state index in [1.807, 2.05) is 6.92 Å². The molecule has 2 aromatic heterocycles. The fraction of sp³-hybridized carbons (Fsp3) is 0.250. The molecule has 6 nitrogen and oxygen atoms in total. The molecule has 0 saturated carbocycles. The van der Waals surface area contributed by atoms with Crippen molar-refractivity contribution in [3.8, 4) is 0 Å². The third kappa shape index (κ3) is 2.76. The van der Waals surface area contributed by atoms with Crippen LogP contribution in [0.5, 0.6) is 0 Å². The van der Waals surface area contributed by atoms with Crippen LogP contribution in [-0.4, -0.2) is 14.1 Å². The van der Waals surface area contributed by atoms with Crippen LogP contribution < -0.4 is 17.0 Å². The minimum absolute atomic E-state index is 0.0542. The minimum atomic E-state index is -0.487. The summed E-state index contributed by atoms with van der Waals surface area (Å²) in [6.45, 7) is 2.38. The molecule has 0 atom stereocenters. The molecule has 2 N–H and O–H groups in total. The highest BCUT2D eigenvalue weighted by molar-refractivity contribution is 9.10. The summed E-state index contributed by atoms with van der Waals surface area (Å²) in [5, 5.41) is 0. The van der Waals surface area contributed by atoms with Gasteiger partial charge in [-0.15, -0.1) is 0 Å². The second kappa shape index (κ2) is 5.40. The van der Waals surface area contributed by atoms with Gasteiger partial charge >= 0.3 is 5.69 Å². The average molecular weight is 325 g/mol. The largest absolute Gasteiger partial charge is 0.393 e. The van der Waals surface area contributed by atoms with Crippen molar-refractivity contribution in [3.63, 3.8) is 0 Å². The summed E-state index contributed by atoms with van der Waals surface area (Å²) in [6.07, 6.45) is 2.99. The Bertz CT molecular complexity index is 703.